The number of ether oxygens (including phenoxy) is 3. The molecule has 0 saturated heterocycles. The smallest absolute Gasteiger partial charge is 0.307 e. The zero-order valence-electron chi connectivity index (χ0n) is 10.0. The van der Waals surface area contributed by atoms with Gasteiger partial charge in [-0.2, -0.15) is 0 Å². The number of rotatable bonds is 4. The lowest BCUT2D eigenvalue weighted by Crippen LogP contribution is -2.17. The van der Waals surface area contributed by atoms with E-state index in [-0.39, 0.29) is 31.6 Å². The first-order valence-corrected chi connectivity index (χ1v) is 5.52. The summed E-state index contributed by atoms with van der Waals surface area (Å²) in [6.07, 6.45) is 0.133. The summed E-state index contributed by atoms with van der Waals surface area (Å²) >= 11 is 0. The number of halogens is 1. The molecule has 0 spiro atoms. The van der Waals surface area contributed by atoms with Gasteiger partial charge in [0, 0.05) is 11.6 Å². The largest absolute Gasteiger partial charge is 0.466 e. The Kier molecular flexibility index (Phi) is 5.25. The minimum absolute atomic E-state index is 0. The fraction of sp³-hybridized carbons (Fsp3) is 0.417. The Labute approximate surface area is 112 Å². The van der Waals surface area contributed by atoms with E-state index < -0.39 is 6.04 Å². The number of nitrogens with two attached hydrogens (primary N) is 1. The number of para-hydroxylation sites is 1. The molecular formula is C12H16ClNO4. The zero-order valence-corrected chi connectivity index (χ0v) is 10.9. The van der Waals surface area contributed by atoms with E-state index in [1.165, 1.54) is 0 Å². The fourth-order valence-electron chi connectivity index (χ4n) is 1.75. The highest BCUT2D eigenvalue weighted by Crippen LogP contribution is 2.38. The second-order valence-corrected chi connectivity index (χ2v) is 3.70. The maximum atomic E-state index is 11.4. The van der Waals surface area contributed by atoms with Gasteiger partial charge in [0.25, 0.3) is 0 Å². The highest BCUT2D eigenvalue weighted by Gasteiger charge is 2.22. The summed E-state index contributed by atoms with van der Waals surface area (Å²) in [5, 5.41) is 0. The van der Waals surface area contributed by atoms with Crippen molar-refractivity contribution in [3.63, 3.8) is 0 Å². The van der Waals surface area contributed by atoms with Crippen LogP contribution in [0, 0.1) is 0 Å². The van der Waals surface area contributed by atoms with E-state index in [2.05, 4.69) is 0 Å². The molecule has 0 saturated carbocycles. The number of carbonyl (C=O) groups is 1. The molecule has 0 fully saturated rings. The van der Waals surface area contributed by atoms with Crippen LogP contribution in [0.5, 0.6) is 11.5 Å². The Morgan fingerprint density at radius 2 is 2.28 bits per heavy atom. The van der Waals surface area contributed by atoms with Gasteiger partial charge in [-0.1, -0.05) is 12.1 Å². The van der Waals surface area contributed by atoms with Crippen molar-refractivity contribution in [1.29, 1.82) is 0 Å². The van der Waals surface area contributed by atoms with Crippen LogP contribution in [-0.4, -0.2) is 19.4 Å². The lowest BCUT2D eigenvalue weighted by Gasteiger charge is -2.13. The molecule has 5 nitrogen and oxygen atoms in total. The summed E-state index contributed by atoms with van der Waals surface area (Å²) in [5.74, 6) is 0.989. The zero-order chi connectivity index (χ0) is 12.3. The summed E-state index contributed by atoms with van der Waals surface area (Å²) < 4.78 is 15.4. The Hall–Kier alpha value is -1.46. The molecule has 1 aromatic rings. The molecule has 6 heteroatoms. The maximum Gasteiger partial charge on any atom is 0.307 e. The van der Waals surface area contributed by atoms with Gasteiger partial charge in [0.15, 0.2) is 11.5 Å². The Morgan fingerprint density at radius 3 is 3.00 bits per heavy atom. The van der Waals surface area contributed by atoms with Gasteiger partial charge in [-0.3, -0.25) is 4.79 Å². The standard InChI is InChI=1S/C12H15NO4.ClH/c1-2-15-11(14)6-9(13)8-4-3-5-10-12(8)17-7-16-10;/h3-5,9H,2,6-7,13H2,1H3;1H/t9-;/m0./s1. The highest BCUT2D eigenvalue weighted by molar-refractivity contribution is 5.85. The second-order valence-electron chi connectivity index (χ2n) is 3.70. The highest BCUT2D eigenvalue weighted by atomic mass is 35.5. The first kappa shape index (κ1) is 14.6. The third-order valence-corrected chi connectivity index (χ3v) is 2.52. The van der Waals surface area contributed by atoms with Gasteiger partial charge in [-0.15, -0.1) is 12.4 Å². The molecule has 1 aliphatic heterocycles. The Morgan fingerprint density at radius 1 is 1.50 bits per heavy atom. The van der Waals surface area contributed by atoms with Gasteiger partial charge in [0.05, 0.1) is 13.0 Å². The van der Waals surface area contributed by atoms with Crippen molar-refractivity contribution in [2.75, 3.05) is 13.4 Å². The average Bonchev–Trinajstić information content (AvgIpc) is 2.76. The van der Waals surface area contributed by atoms with Crippen molar-refractivity contribution in [3.05, 3.63) is 23.8 Å². The van der Waals surface area contributed by atoms with Crippen LogP contribution in [0.15, 0.2) is 18.2 Å². The molecule has 0 amide bonds. The lowest BCUT2D eigenvalue weighted by atomic mass is 10.0. The maximum absolute atomic E-state index is 11.4. The predicted molar refractivity (Wildman–Crippen MR) is 68.0 cm³/mol. The third-order valence-electron chi connectivity index (χ3n) is 2.52. The minimum atomic E-state index is -0.439. The van der Waals surface area contributed by atoms with Crippen molar-refractivity contribution in [2.45, 2.75) is 19.4 Å². The first-order valence-electron chi connectivity index (χ1n) is 5.52. The molecule has 0 bridgehead atoms. The summed E-state index contributed by atoms with van der Waals surface area (Å²) in [6.45, 7) is 2.32. The monoisotopic (exact) mass is 273 g/mol. The molecule has 2 rings (SSSR count). The van der Waals surface area contributed by atoms with Crippen LogP contribution in [-0.2, 0) is 9.53 Å². The topological polar surface area (TPSA) is 70.8 Å². The van der Waals surface area contributed by atoms with Gasteiger partial charge in [0.1, 0.15) is 0 Å². The average molecular weight is 274 g/mol. The van der Waals surface area contributed by atoms with E-state index >= 15 is 0 Å². The molecule has 2 N–H and O–H groups in total. The molecule has 0 radical (unpaired) electrons. The van der Waals surface area contributed by atoms with Crippen LogP contribution in [0.2, 0.25) is 0 Å². The van der Waals surface area contributed by atoms with Crippen molar-refractivity contribution in [1.82, 2.24) is 0 Å². The molecule has 0 aromatic heterocycles. The molecule has 1 aliphatic rings. The van der Waals surface area contributed by atoms with E-state index in [0.717, 1.165) is 5.56 Å². The minimum Gasteiger partial charge on any atom is -0.466 e. The normalized spacial score (nSPS) is 13.7. The van der Waals surface area contributed by atoms with Gasteiger partial charge in [0.2, 0.25) is 6.79 Å². The SMILES string of the molecule is CCOC(=O)C[C@H](N)c1cccc2c1OCO2.Cl. The number of esters is 1. The first-order chi connectivity index (χ1) is 8.22. The molecular weight excluding hydrogens is 258 g/mol. The summed E-state index contributed by atoms with van der Waals surface area (Å²) in [5.41, 5.74) is 6.73. The summed E-state index contributed by atoms with van der Waals surface area (Å²) in [6, 6.07) is 5.03. The van der Waals surface area contributed by atoms with Crippen LogP contribution in [0.3, 0.4) is 0 Å². The molecule has 100 valence electrons. The quantitative estimate of drug-likeness (QED) is 0.847. The Balaban J connectivity index is 0.00000162. The van der Waals surface area contributed by atoms with Crippen LogP contribution in [0.4, 0.5) is 0 Å². The number of benzene rings is 1. The number of hydrogen-bond acceptors (Lipinski definition) is 5. The van der Waals surface area contributed by atoms with Crippen LogP contribution in [0.1, 0.15) is 24.9 Å². The molecule has 1 aromatic carbocycles. The Bertz CT molecular complexity index is 425. The molecule has 1 atom stereocenters. The van der Waals surface area contributed by atoms with Crippen LogP contribution >= 0.6 is 12.4 Å². The second kappa shape index (κ2) is 6.47. The van der Waals surface area contributed by atoms with Crippen LogP contribution in [0.25, 0.3) is 0 Å². The van der Waals surface area contributed by atoms with E-state index in [1.54, 1.807) is 6.92 Å². The number of hydrogen-bond donors (Lipinski definition) is 1. The van der Waals surface area contributed by atoms with Crippen molar-refractivity contribution < 1.29 is 19.0 Å². The van der Waals surface area contributed by atoms with Gasteiger partial charge in [-0.25, -0.2) is 0 Å². The molecule has 0 unspecified atom stereocenters. The lowest BCUT2D eigenvalue weighted by molar-refractivity contribution is -0.143. The van der Waals surface area contributed by atoms with E-state index in [0.29, 0.717) is 18.1 Å². The van der Waals surface area contributed by atoms with Gasteiger partial charge < -0.3 is 19.9 Å². The van der Waals surface area contributed by atoms with E-state index in [1.807, 2.05) is 18.2 Å². The van der Waals surface area contributed by atoms with Gasteiger partial charge in [-0.05, 0) is 13.0 Å². The molecule has 0 aliphatic carbocycles. The van der Waals surface area contributed by atoms with E-state index in [9.17, 15) is 4.79 Å². The van der Waals surface area contributed by atoms with E-state index in [4.69, 9.17) is 19.9 Å². The number of carbonyl (C=O) groups excluding carboxylic acids is 1. The van der Waals surface area contributed by atoms with Gasteiger partial charge >= 0.3 is 5.97 Å². The van der Waals surface area contributed by atoms with Crippen molar-refractivity contribution >= 4 is 18.4 Å². The molecule has 1 heterocycles. The van der Waals surface area contributed by atoms with Crippen molar-refractivity contribution in [3.8, 4) is 11.5 Å². The predicted octanol–water partition coefficient (Wildman–Crippen LogP) is 1.79. The third kappa shape index (κ3) is 3.05. The molecule has 18 heavy (non-hydrogen) atoms. The van der Waals surface area contributed by atoms with Crippen molar-refractivity contribution in [2.24, 2.45) is 5.73 Å². The fourth-order valence-corrected chi connectivity index (χ4v) is 1.75. The van der Waals surface area contributed by atoms with Crippen LogP contribution < -0.4 is 15.2 Å². The summed E-state index contributed by atoms with van der Waals surface area (Å²) in [7, 11) is 0. The number of fused-ring (bicyclic) bond motifs is 1. The summed E-state index contributed by atoms with van der Waals surface area (Å²) in [4.78, 5) is 11.4.